The first-order valence-electron chi connectivity index (χ1n) is 5.03. The molecule has 13 heavy (non-hydrogen) atoms. The highest BCUT2D eigenvalue weighted by Gasteiger charge is 2.35. The maximum Gasteiger partial charge on any atom is 0.0675 e. The summed E-state index contributed by atoms with van der Waals surface area (Å²) in [6.07, 6.45) is 1.13. The van der Waals surface area contributed by atoms with Gasteiger partial charge in [0.2, 0.25) is 0 Å². The van der Waals surface area contributed by atoms with Crippen LogP contribution in [0.25, 0.3) is 0 Å². The minimum absolute atomic E-state index is 0.256. The molecular weight excluding hydrogens is 275 g/mol. The Hall–Kier alpha value is 0.650. The highest BCUT2D eigenvalue weighted by atomic mass is 127. The van der Waals surface area contributed by atoms with Crippen LogP contribution in [0, 0.1) is 5.92 Å². The Morgan fingerprint density at radius 1 is 1.38 bits per heavy atom. The molecule has 3 unspecified atom stereocenters. The minimum Gasteiger partial charge on any atom is -0.327 e. The van der Waals surface area contributed by atoms with Gasteiger partial charge in [-0.3, -0.25) is 4.90 Å². The van der Waals surface area contributed by atoms with Crippen LogP contribution in [0.3, 0.4) is 0 Å². The summed E-state index contributed by atoms with van der Waals surface area (Å²) in [6, 6.07) is 1.02. The Morgan fingerprint density at radius 3 is 2.38 bits per heavy atom. The van der Waals surface area contributed by atoms with Crippen molar-refractivity contribution in [3.63, 3.8) is 0 Å². The van der Waals surface area contributed by atoms with E-state index < -0.39 is 0 Å². The van der Waals surface area contributed by atoms with Crippen molar-refractivity contribution in [1.29, 1.82) is 0 Å². The minimum atomic E-state index is 0.256. The molecule has 0 radical (unpaired) electrons. The van der Waals surface area contributed by atoms with Crippen LogP contribution in [0.1, 0.15) is 34.1 Å². The summed E-state index contributed by atoms with van der Waals surface area (Å²) in [7, 11) is 0. The van der Waals surface area contributed by atoms with Crippen molar-refractivity contribution in [3.05, 3.63) is 0 Å². The molecular formula is C10H21IN2. The lowest BCUT2D eigenvalue weighted by Gasteiger charge is -2.46. The number of nitrogens with zero attached hydrogens (tertiary/aromatic N) is 1. The number of alkyl halides is 1. The molecule has 0 aromatic carbocycles. The van der Waals surface area contributed by atoms with Gasteiger partial charge in [0.25, 0.3) is 0 Å². The van der Waals surface area contributed by atoms with Gasteiger partial charge in [0.05, 0.1) is 3.55 Å². The van der Waals surface area contributed by atoms with E-state index >= 15 is 0 Å². The largest absolute Gasteiger partial charge is 0.327 e. The lowest BCUT2D eigenvalue weighted by atomic mass is 9.89. The van der Waals surface area contributed by atoms with Crippen molar-refractivity contribution in [3.8, 4) is 0 Å². The van der Waals surface area contributed by atoms with Crippen LogP contribution >= 0.6 is 22.6 Å². The summed E-state index contributed by atoms with van der Waals surface area (Å²) in [6.45, 7) is 10.2. The molecule has 0 saturated carbocycles. The van der Waals surface area contributed by atoms with Gasteiger partial charge in [-0.05, 0) is 33.1 Å². The SMILES string of the molecule is CC1CN(C(C)(C)I)C(C)CC1N. The van der Waals surface area contributed by atoms with Crippen molar-refractivity contribution in [2.24, 2.45) is 11.7 Å². The van der Waals surface area contributed by atoms with Crippen LogP contribution in [-0.4, -0.2) is 27.1 Å². The first-order valence-corrected chi connectivity index (χ1v) is 6.11. The van der Waals surface area contributed by atoms with Crippen LogP contribution in [-0.2, 0) is 0 Å². The van der Waals surface area contributed by atoms with Crippen LogP contribution in [0.15, 0.2) is 0 Å². The molecule has 3 atom stereocenters. The zero-order valence-electron chi connectivity index (χ0n) is 9.05. The third kappa shape index (κ3) is 2.80. The molecule has 0 aromatic heterocycles. The van der Waals surface area contributed by atoms with Gasteiger partial charge in [-0.2, -0.15) is 0 Å². The normalized spacial score (nSPS) is 37.8. The molecule has 0 aliphatic carbocycles. The summed E-state index contributed by atoms with van der Waals surface area (Å²) in [5, 5.41) is 0. The smallest absolute Gasteiger partial charge is 0.0675 e. The Kier molecular flexibility index (Phi) is 3.63. The quantitative estimate of drug-likeness (QED) is 0.457. The maximum absolute atomic E-state index is 6.05. The second-order valence-corrected chi connectivity index (χ2v) is 7.43. The summed E-state index contributed by atoms with van der Waals surface area (Å²) in [5.41, 5.74) is 6.05. The molecule has 0 aromatic rings. The van der Waals surface area contributed by atoms with E-state index in [1.54, 1.807) is 0 Å². The van der Waals surface area contributed by atoms with Crippen LogP contribution in [0.4, 0.5) is 0 Å². The Balaban J connectivity index is 2.67. The molecule has 1 aliphatic heterocycles. The molecule has 0 spiro atoms. The predicted octanol–water partition coefficient (Wildman–Crippen LogP) is 2.22. The van der Waals surface area contributed by atoms with Gasteiger partial charge < -0.3 is 5.73 Å². The molecule has 1 rings (SSSR count). The van der Waals surface area contributed by atoms with Crippen LogP contribution in [0.5, 0.6) is 0 Å². The second-order valence-electron chi connectivity index (χ2n) is 4.79. The van der Waals surface area contributed by atoms with Gasteiger partial charge in [0.15, 0.2) is 0 Å². The van der Waals surface area contributed by atoms with E-state index in [0.717, 1.165) is 13.0 Å². The molecule has 3 heteroatoms. The van der Waals surface area contributed by atoms with E-state index in [2.05, 4.69) is 55.2 Å². The molecule has 1 aliphatic rings. The maximum atomic E-state index is 6.05. The molecule has 2 nitrogen and oxygen atoms in total. The fourth-order valence-corrected chi connectivity index (χ4v) is 2.79. The monoisotopic (exact) mass is 296 g/mol. The molecule has 0 bridgehead atoms. The summed E-state index contributed by atoms with van der Waals surface area (Å²) in [4.78, 5) is 2.56. The average molecular weight is 296 g/mol. The highest BCUT2D eigenvalue weighted by Crippen LogP contribution is 2.31. The van der Waals surface area contributed by atoms with Crippen molar-refractivity contribution in [2.75, 3.05) is 6.54 Å². The van der Waals surface area contributed by atoms with Crippen molar-refractivity contribution >= 4 is 22.6 Å². The predicted molar refractivity (Wildman–Crippen MR) is 66.0 cm³/mol. The van der Waals surface area contributed by atoms with E-state index in [-0.39, 0.29) is 3.55 Å². The topological polar surface area (TPSA) is 29.3 Å². The van der Waals surface area contributed by atoms with E-state index in [4.69, 9.17) is 5.73 Å². The van der Waals surface area contributed by atoms with Gasteiger partial charge in [-0.15, -0.1) is 0 Å². The zero-order valence-corrected chi connectivity index (χ0v) is 11.2. The summed E-state index contributed by atoms with van der Waals surface area (Å²) >= 11 is 2.51. The zero-order chi connectivity index (χ0) is 10.2. The summed E-state index contributed by atoms with van der Waals surface area (Å²) in [5.74, 6) is 0.630. The molecule has 2 N–H and O–H groups in total. The number of halogens is 1. The van der Waals surface area contributed by atoms with E-state index in [9.17, 15) is 0 Å². The average Bonchev–Trinajstić information content (AvgIpc) is 1.94. The third-order valence-electron chi connectivity index (χ3n) is 3.04. The Morgan fingerprint density at radius 2 is 1.92 bits per heavy atom. The number of piperidine rings is 1. The van der Waals surface area contributed by atoms with Gasteiger partial charge in [-0.1, -0.05) is 29.5 Å². The van der Waals surface area contributed by atoms with Gasteiger partial charge in [-0.25, -0.2) is 0 Å². The van der Waals surface area contributed by atoms with E-state index in [1.807, 2.05) is 0 Å². The van der Waals surface area contributed by atoms with Crippen LogP contribution in [0.2, 0.25) is 0 Å². The second kappa shape index (κ2) is 4.03. The van der Waals surface area contributed by atoms with Crippen LogP contribution < -0.4 is 5.73 Å². The van der Waals surface area contributed by atoms with Gasteiger partial charge in [0, 0.05) is 18.6 Å². The van der Waals surface area contributed by atoms with Crippen molar-refractivity contribution < 1.29 is 0 Å². The fraction of sp³-hybridized carbons (Fsp3) is 1.00. The number of hydrogen-bond acceptors (Lipinski definition) is 2. The molecule has 1 saturated heterocycles. The molecule has 0 amide bonds. The number of likely N-dealkylation sites (tertiary alicyclic amines) is 1. The van der Waals surface area contributed by atoms with E-state index in [0.29, 0.717) is 18.0 Å². The summed E-state index contributed by atoms with van der Waals surface area (Å²) < 4.78 is 0.256. The number of rotatable bonds is 1. The number of hydrogen-bond donors (Lipinski definition) is 1. The third-order valence-corrected chi connectivity index (χ3v) is 3.66. The Labute approximate surface area is 95.4 Å². The highest BCUT2D eigenvalue weighted by molar-refractivity contribution is 14.1. The molecule has 1 fully saturated rings. The standard InChI is InChI=1S/C10H21IN2/c1-7-6-13(10(3,4)11)8(2)5-9(7)12/h7-9H,5-6,12H2,1-4H3. The van der Waals surface area contributed by atoms with Gasteiger partial charge >= 0.3 is 0 Å². The fourth-order valence-electron chi connectivity index (χ4n) is 2.12. The first-order chi connectivity index (χ1) is 5.82. The van der Waals surface area contributed by atoms with Crippen molar-refractivity contribution in [1.82, 2.24) is 4.90 Å². The lowest BCUT2D eigenvalue weighted by Crippen LogP contribution is -2.55. The lowest BCUT2D eigenvalue weighted by molar-refractivity contribution is 0.0718. The van der Waals surface area contributed by atoms with Gasteiger partial charge in [0.1, 0.15) is 0 Å². The Bertz CT molecular complexity index is 176. The number of nitrogens with two attached hydrogens (primary N) is 1. The van der Waals surface area contributed by atoms with Crippen molar-refractivity contribution in [2.45, 2.75) is 49.7 Å². The molecule has 78 valence electrons. The molecule has 1 heterocycles. The first kappa shape index (κ1) is 11.7. The van der Waals surface area contributed by atoms with E-state index in [1.165, 1.54) is 0 Å².